The van der Waals surface area contributed by atoms with E-state index in [-0.39, 0.29) is 11.9 Å². The van der Waals surface area contributed by atoms with Crippen LogP contribution in [0.25, 0.3) is 0 Å². The smallest absolute Gasteiger partial charge is 0.344 e. The molecule has 0 saturated carbocycles. The summed E-state index contributed by atoms with van der Waals surface area (Å²) in [6, 6.07) is -0.205. The predicted octanol–water partition coefficient (Wildman–Crippen LogP) is 0.958. The number of nitrogens with zero attached hydrogens (tertiary/aromatic N) is 7. The number of hydrogen-bond donors (Lipinski definition) is 0. The Balaban J connectivity index is 0.00000124. The zero-order valence-corrected chi connectivity index (χ0v) is 17.6. The Morgan fingerprint density at radius 1 is 0.933 bits per heavy atom. The van der Waals surface area contributed by atoms with Crippen LogP contribution in [0.5, 0.6) is 0 Å². The Hall–Kier alpha value is -2.85. The number of morpholine rings is 1. The van der Waals surface area contributed by atoms with Crippen LogP contribution in [-0.2, 0) is 11.3 Å². The van der Waals surface area contributed by atoms with E-state index < -0.39 is 0 Å². The number of aromatic nitrogens is 4. The van der Waals surface area contributed by atoms with Crippen molar-refractivity contribution >= 4 is 11.9 Å². The van der Waals surface area contributed by atoms with Gasteiger partial charge in [-0.05, 0) is 0 Å². The average molecular weight is 415 g/mol. The van der Waals surface area contributed by atoms with Crippen molar-refractivity contribution in [2.45, 2.75) is 20.4 Å². The lowest BCUT2D eigenvalue weighted by atomic mass is 10.2. The van der Waals surface area contributed by atoms with Crippen molar-refractivity contribution in [1.29, 1.82) is 0 Å². The lowest BCUT2D eigenvalue weighted by Gasteiger charge is -2.34. The monoisotopic (exact) mass is 415 g/mol. The molecule has 0 atom stereocenters. The van der Waals surface area contributed by atoms with Crippen LogP contribution < -0.4 is 0 Å². The van der Waals surface area contributed by atoms with Gasteiger partial charge >= 0.3 is 6.03 Å². The molecule has 162 valence electrons. The van der Waals surface area contributed by atoms with Gasteiger partial charge in [0.05, 0.1) is 25.0 Å². The van der Waals surface area contributed by atoms with Gasteiger partial charge in [-0.2, -0.15) is 9.78 Å². The molecule has 2 aromatic rings. The molecule has 0 bridgehead atoms. The SMILES string of the molecule is CC.O=C(c1cnn(C(=O)N2CCN(Cc3cncnc3)CC2)c1)N1CCOCC1. The molecule has 4 rings (SSSR count). The Kier molecular flexibility index (Phi) is 7.86. The zero-order chi connectivity index (χ0) is 21.3. The van der Waals surface area contributed by atoms with Gasteiger partial charge in [0.2, 0.25) is 0 Å². The molecule has 4 heterocycles. The van der Waals surface area contributed by atoms with Crippen LogP contribution in [0, 0.1) is 0 Å². The third kappa shape index (κ3) is 5.39. The maximum Gasteiger partial charge on any atom is 0.344 e. The molecule has 30 heavy (non-hydrogen) atoms. The van der Waals surface area contributed by atoms with E-state index in [1.807, 2.05) is 13.8 Å². The van der Waals surface area contributed by atoms with Crippen molar-refractivity contribution in [3.8, 4) is 0 Å². The number of rotatable bonds is 3. The zero-order valence-electron chi connectivity index (χ0n) is 17.6. The summed E-state index contributed by atoms with van der Waals surface area (Å²) in [5, 5.41) is 4.11. The summed E-state index contributed by atoms with van der Waals surface area (Å²) in [5.41, 5.74) is 1.48. The van der Waals surface area contributed by atoms with Crippen molar-refractivity contribution in [3.05, 3.63) is 42.2 Å². The van der Waals surface area contributed by atoms with Gasteiger partial charge in [-0.25, -0.2) is 14.8 Å². The molecular weight excluding hydrogens is 386 g/mol. The predicted molar refractivity (Wildman–Crippen MR) is 110 cm³/mol. The van der Waals surface area contributed by atoms with Gasteiger partial charge in [-0.1, -0.05) is 13.8 Å². The average Bonchev–Trinajstić information content (AvgIpc) is 3.31. The first-order valence-corrected chi connectivity index (χ1v) is 10.4. The second-order valence-electron chi connectivity index (χ2n) is 6.87. The Bertz CT molecular complexity index is 813. The maximum atomic E-state index is 12.7. The van der Waals surface area contributed by atoms with Crippen molar-refractivity contribution in [1.82, 2.24) is 34.4 Å². The number of amides is 2. The lowest BCUT2D eigenvalue weighted by Crippen LogP contribution is -2.49. The third-order valence-corrected chi connectivity index (χ3v) is 4.99. The molecule has 2 aliphatic rings. The molecule has 0 unspecified atom stereocenters. The second kappa shape index (κ2) is 10.8. The molecule has 0 aromatic carbocycles. The number of ether oxygens (including phenoxy) is 1. The lowest BCUT2D eigenvalue weighted by molar-refractivity contribution is 0.0303. The minimum Gasteiger partial charge on any atom is -0.378 e. The largest absolute Gasteiger partial charge is 0.378 e. The van der Waals surface area contributed by atoms with Gasteiger partial charge in [0.25, 0.3) is 5.91 Å². The standard InChI is InChI=1S/C18H23N7O3.C2H6/c26-17(23-5-7-28-8-6-23)16-11-21-25(13-16)18(27)24-3-1-22(2-4-24)12-15-9-19-14-20-10-15;1-2/h9-11,13-14H,1-8,12H2;1-2H3. The molecule has 0 radical (unpaired) electrons. The first-order chi connectivity index (χ1) is 14.7. The van der Waals surface area contributed by atoms with Gasteiger partial charge in [0, 0.05) is 70.0 Å². The van der Waals surface area contributed by atoms with Crippen molar-refractivity contribution in [3.63, 3.8) is 0 Å². The molecule has 0 spiro atoms. The molecule has 0 aliphatic carbocycles. The normalized spacial score (nSPS) is 17.3. The van der Waals surface area contributed by atoms with E-state index >= 15 is 0 Å². The van der Waals surface area contributed by atoms with Crippen molar-refractivity contribution < 1.29 is 14.3 Å². The fourth-order valence-corrected chi connectivity index (χ4v) is 3.40. The molecule has 2 fully saturated rings. The summed E-state index contributed by atoms with van der Waals surface area (Å²) in [6.45, 7) is 9.72. The van der Waals surface area contributed by atoms with Crippen LogP contribution in [0.2, 0.25) is 0 Å². The third-order valence-electron chi connectivity index (χ3n) is 4.99. The van der Waals surface area contributed by atoms with Crippen molar-refractivity contribution in [2.75, 3.05) is 52.5 Å². The van der Waals surface area contributed by atoms with E-state index in [0.717, 1.165) is 25.2 Å². The number of piperazine rings is 1. The summed E-state index contributed by atoms with van der Waals surface area (Å²) >= 11 is 0. The molecule has 2 aliphatic heterocycles. The topological polar surface area (TPSA) is 96.7 Å². The van der Waals surface area contributed by atoms with Crippen LogP contribution in [0.4, 0.5) is 4.79 Å². The maximum absolute atomic E-state index is 12.7. The summed E-state index contributed by atoms with van der Waals surface area (Å²) in [6.07, 6.45) is 8.11. The van der Waals surface area contributed by atoms with Crippen LogP contribution in [0.15, 0.2) is 31.1 Å². The van der Waals surface area contributed by atoms with Crippen LogP contribution >= 0.6 is 0 Å². The highest BCUT2D eigenvalue weighted by Gasteiger charge is 2.25. The van der Waals surface area contributed by atoms with Crippen LogP contribution in [0.3, 0.4) is 0 Å². The number of carbonyl (C=O) groups is 2. The summed E-state index contributed by atoms with van der Waals surface area (Å²) in [4.78, 5) is 39.0. The minimum absolute atomic E-state index is 0.114. The van der Waals surface area contributed by atoms with Gasteiger partial charge in [0.1, 0.15) is 6.33 Å². The molecule has 2 aromatic heterocycles. The first-order valence-electron chi connectivity index (χ1n) is 10.4. The highest BCUT2D eigenvalue weighted by Crippen LogP contribution is 2.10. The van der Waals surface area contributed by atoms with Gasteiger partial charge in [-0.15, -0.1) is 0 Å². The summed E-state index contributed by atoms with van der Waals surface area (Å²) in [7, 11) is 0. The summed E-state index contributed by atoms with van der Waals surface area (Å²) in [5.74, 6) is -0.114. The highest BCUT2D eigenvalue weighted by atomic mass is 16.5. The van der Waals surface area contributed by atoms with Gasteiger partial charge in [0.15, 0.2) is 0 Å². The molecule has 2 amide bonds. The van der Waals surface area contributed by atoms with Crippen LogP contribution in [0.1, 0.15) is 29.8 Å². The van der Waals surface area contributed by atoms with E-state index in [4.69, 9.17) is 4.74 Å². The quantitative estimate of drug-likeness (QED) is 0.736. The summed E-state index contributed by atoms with van der Waals surface area (Å²) < 4.78 is 6.53. The van der Waals surface area contributed by atoms with E-state index in [1.54, 1.807) is 22.2 Å². The fourth-order valence-electron chi connectivity index (χ4n) is 3.40. The highest BCUT2D eigenvalue weighted by molar-refractivity contribution is 5.94. The fraction of sp³-hybridized carbons (Fsp3) is 0.550. The molecular formula is C20H29N7O3. The Morgan fingerprint density at radius 3 is 2.27 bits per heavy atom. The molecule has 2 saturated heterocycles. The molecule has 10 heteroatoms. The molecule has 10 nitrogen and oxygen atoms in total. The number of carbonyl (C=O) groups excluding carboxylic acids is 2. The Morgan fingerprint density at radius 2 is 1.60 bits per heavy atom. The van der Waals surface area contributed by atoms with Crippen molar-refractivity contribution in [2.24, 2.45) is 0 Å². The van der Waals surface area contributed by atoms with E-state index in [1.165, 1.54) is 23.4 Å². The minimum atomic E-state index is -0.205. The first kappa shape index (κ1) is 21.8. The molecule has 0 N–H and O–H groups in total. The van der Waals surface area contributed by atoms with Gasteiger partial charge < -0.3 is 14.5 Å². The van der Waals surface area contributed by atoms with E-state index in [9.17, 15) is 9.59 Å². The Labute approximate surface area is 176 Å². The second-order valence-corrected chi connectivity index (χ2v) is 6.87. The van der Waals surface area contributed by atoms with Gasteiger partial charge in [-0.3, -0.25) is 9.69 Å². The van der Waals surface area contributed by atoms with E-state index in [2.05, 4.69) is 20.0 Å². The number of hydrogen-bond acceptors (Lipinski definition) is 7. The van der Waals surface area contributed by atoms with E-state index in [0.29, 0.717) is 45.0 Å². The van der Waals surface area contributed by atoms with Crippen LogP contribution in [-0.4, -0.2) is 98.9 Å².